The van der Waals surface area contributed by atoms with Crippen molar-refractivity contribution in [2.45, 2.75) is 51.4 Å². The lowest BCUT2D eigenvalue weighted by Crippen LogP contribution is -2.37. The summed E-state index contributed by atoms with van der Waals surface area (Å²) in [6.45, 7) is 5.74. The Hall–Kier alpha value is -5.08. The minimum absolute atomic E-state index is 0.0323. The van der Waals surface area contributed by atoms with Crippen LogP contribution in [-0.2, 0) is 31.7 Å². The molecular formula is C34H32FN7O3. The molecule has 10 nitrogen and oxygen atoms in total. The van der Waals surface area contributed by atoms with E-state index in [1.54, 1.807) is 42.7 Å². The molecule has 0 spiro atoms. The van der Waals surface area contributed by atoms with E-state index in [4.69, 9.17) is 15.0 Å². The zero-order chi connectivity index (χ0) is 31.1. The van der Waals surface area contributed by atoms with Crippen LogP contribution in [0.4, 0.5) is 4.39 Å². The fourth-order valence-corrected chi connectivity index (χ4v) is 6.78. The van der Waals surface area contributed by atoms with E-state index in [0.29, 0.717) is 30.5 Å². The Kier molecular flexibility index (Phi) is 7.30. The summed E-state index contributed by atoms with van der Waals surface area (Å²) in [5, 5.41) is 18.7. The molecule has 5 aromatic rings. The second-order valence-electron chi connectivity index (χ2n) is 11.9. The second kappa shape index (κ2) is 11.4. The molecule has 2 aliphatic rings. The molecular weight excluding hydrogens is 573 g/mol. The molecule has 11 heteroatoms. The monoisotopic (exact) mass is 605 g/mol. The van der Waals surface area contributed by atoms with Gasteiger partial charge in [-0.05, 0) is 68.6 Å². The Morgan fingerprint density at radius 3 is 2.82 bits per heavy atom. The summed E-state index contributed by atoms with van der Waals surface area (Å²) in [5.41, 5.74) is 3.45. The van der Waals surface area contributed by atoms with Gasteiger partial charge in [0.2, 0.25) is 5.88 Å². The van der Waals surface area contributed by atoms with Gasteiger partial charge in [-0.3, -0.25) is 4.90 Å². The Labute approximate surface area is 259 Å². The van der Waals surface area contributed by atoms with Crippen LogP contribution in [0.3, 0.4) is 0 Å². The van der Waals surface area contributed by atoms with Crippen molar-refractivity contribution >= 4 is 17.0 Å². The number of hydrogen-bond donors (Lipinski definition) is 1. The number of benzene rings is 2. The highest BCUT2D eigenvalue weighted by molar-refractivity contribution is 5.92. The van der Waals surface area contributed by atoms with E-state index in [1.165, 1.54) is 6.07 Å². The number of ether oxygens (including phenoxy) is 1. The number of halogens is 1. The normalized spacial score (nSPS) is 19.3. The molecule has 1 aliphatic heterocycles. The molecule has 0 radical (unpaired) electrons. The summed E-state index contributed by atoms with van der Waals surface area (Å²) in [6.07, 6.45) is 7.37. The van der Waals surface area contributed by atoms with E-state index in [2.05, 4.69) is 37.0 Å². The Balaban J connectivity index is 1.10. The van der Waals surface area contributed by atoms with Crippen LogP contribution in [-0.4, -0.2) is 53.2 Å². The highest BCUT2D eigenvalue weighted by Gasteiger charge is 2.58. The standard InChI is InChI=1S/C34H32FN7O3/c1-2-41-13-11-37-30(41)20-42-29-15-23(33(43)44)7-8-28(29)39-31(42)19-40-12-9-34(16-25(34)18-40)26-4-3-10-38-32(26)45-21-24-6-5-22(17-36)14-27(24)35/h3-8,10-11,13-15,25H,2,9,12,16,18-21H2,1H3,(H,43,44)/t25-,34+/m1/s1. The molecule has 7 rings (SSSR count). The van der Waals surface area contributed by atoms with E-state index in [-0.39, 0.29) is 23.1 Å². The van der Waals surface area contributed by atoms with Gasteiger partial charge in [0.05, 0.1) is 41.3 Å². The summed E-state index contributed by atoms with van der Waals surface area (Å²) in [4.78, 5) is 28.2. The number of pyridine rings is 1. The molecule has 1 aliphatic carbocycles. The average molecular weight is 606 g/mol. The van der Waals surface area contributed by atoms with Gasteiger partial charge < -0.3 is 19.0 Å². The smallest absolute Gasteiger partial charge is 0.335 e. The number of aryl methyl sites for hydroxylation is 1. The van der Waals surface area contributed by atoms with Crippen LogP contribution in [0, 0.1) is 23.1 Å². The van der Waals surface area contributed by atoms with Crippen molar-refractivity contribution in [2.24, 2.45) is 5.92 Å². The fourth-order valence-electron chi connectivity index (χ4n) is 6.78. The maximum atomic E-state index is 14.5. The first-order valence-electron chi connectivity index (χ1n) is 15.1. The van der Waals surface area contributed by atoms with E-state index in [0.717, 1.165) is 60.7 Å². The molecule has 1 N–H and O–H groups in total. The van der Waals surface area contributed by atoms with E-state index >= 15 is 0 Å². The Morgan fingerprint density at radius 2 is 2.04 bits per heavy atom. The van der Waals surface area contributed by atoms with Gasteiger partial charge in [-0.2, -0.15) is 5.26 Å². The Morgan fingerprint density at radius 1 is 1.16 bits per heavy atom. The summed E-state index contributed by atoms with van der Waals surface area (Å²) >= 11 is 0. The van der Waals surface area contributed by atoms with Gasteiger partial charge in [-0.1, -0.05) is 12.1 Å². The van der Waals surface area contributed by atoms with Gasteiger partial charge in [0.1, 0.15) is 24.1 Å². The molecule has 228 valence electrons. The molecule has 4 heterocycles. The number of aromatic carboxylic acids is 1. The van der Waals surface area contributed by atoms with Crippen LogP contribution in [0.1, 0.15) is 58.5 Å². The van der Waals surface area contributed by atoms with Crippen molar-refractivity contribution in [1.29, 1.82) is 5.26 Å². The SMILES string of the molecule is CCn1ccnc1Cn1c(CN2CC[C@]3(c4cccnc4OCc4ccc(C#N)cc4F)C[C@@H]3C2)nc2ccc(C(=O)O)cc21. The topological polar surface area (TPSA) is 122 Å². The quantitative estimate of drug-likeness (QED) is 0.232. The number of carboxylic acid groups (broad SMARTS) is 1. The number of nitrogens with zero attached hydrogens (tertiary/aromatic N) is 7. The van der Waals surface area contributed by atoms with Gasteiger partial charge in [-0.15, -0.1) is 0 Å². The van der Waals surface area contributed by atoms with Crippen molar-refractivity contribution in [1.82, 2.24) is 29.0 Å². The van der Waals surface area contributed by atoms with Crippen LogP contribution in [0.25, 0.3) is 11.0 Å². The average Bonchev–Trinajstić information content (AvgIpc) is 3.44. The first-order chi connectivity index (χ1) is 21.9. The first kappa shape index (κ1) is 28.7. The summed E-state index contributed by atoms with van der Waals surface area (Å²) < 4.78 is 24.8. The maximum Gasteiger partial charge on any atom is 0.335 e. The number of rotatable bonds is 10. The van der Waals surface area contributed by atoms with E-state index in [9.17, 15) is 14.3 Å². The number of carboxylic acids is 1. The van der Waals surface area contributed by atoms with Crippen LogP contribution in [0.2, 0.25) is 0 Å². The number of imidazole rings is 2. The second-order valence-corrected chi connectivity index (χ2v) is 11.9. The minimum Gasteiger partial charge on any atom is -0.478 e. The van der Waals surface area contributed by atoms with Crippen molar-refractivity contribution in [2.75, 3.05) is 13.1 Å². The van der Waals surface area contributed by atoms with Crippen molar-refractivity contribution in [3.05, 3.63) is 107 Å². The molecule has 45 heavy (non-hydrogen) atoms. The van der Waals surface area contributed by atoms with Crippen LogP contribution in [0.5, 0.6) is 5.88 Å². The van der Waals surface area contributed by atoms with Gasteiger partial charge in [0.15, 0.2) is 0 Å². The highest BCUT2D eigenvalue weighted by atomic mass is 19.1. The van der Waals surface area contributed by atoms with E-state index in [1.807, 2.05) is 18.3 Å². The maximum absolute atomic E-state index is 14.5. The summed E-state index contributed by atoms with van der Waals surface area (Å²) in [6, 6.07) is 15.4. The number of likely N-dealkylation sites (tertiary alicyclic amines) is 1. The number of carbonyl (C=O) groups is 1. The summed E-state index contributed by atoms with van der Waals surface area (Å²) in [7, 11) is 0. The third kappa shape index (κ3) is 5.31. The number of fused-ring (bicyclic) bond motifs is 2. The zero-order valence-corrected chi connectivity index (χ0v) is 24.9. The summed E-state index contributed by atoms with van der Waals surface area (Å²) in [5.74, 6) is 1.28. The van der Waals surface area contributed by atoms with Gasteiger partial charge >= 0.3 is 5.97 Å². The van der Waals surface area contributed by atoms with Crippen LogP contribution in [0.15, 0.2) is 67.1 Å². The molecule has 0 amide bonds. The molecule has 2 aromatic carbocycles. The third-order valence-corrected chi connectivity index (χ3v) is 9.32. The largest absolute Gasteiger partial charge is 0.478 e. The molecule has 0 unspecified atom stereocenters. The lowest BCUT2D eigenvalue weighted by molar-refractivity contribution is 0.0697. The zero-order valence-electron chi connectivity index (χ0n) is 24.9. The number of aromatic nitrogens is 5. The number of piperidine rings is 1. The first-order valence-corrected chi connectivity index (χ1v) is 15.1. The third-order valence-electron chi connectivity index (χ3n) is 9.32. The van der Waals surface area contributed by atoms with Crippen LogP contribution >= 0.6 is 0 Å². The molecule has 1 saturated heterocycles. The molecule has 2 atom stereocenters. The van der Waals surface area contributed by atoms with Gasteiger partial charge in [0.25, 0.3) is 0 Å². The highest BCUT2D eigenvalue weighted by Crippen LogP contribution is 2.61. The van der Waals surface area contributed by atoms with Crippen LogP contribution < -0.4 is 4.74 Å². The predicted octanol–water partition coefficient (Wildman–Crippen LogP) is 5.15. The minimum atomic E-state index is -0.969. The van der Waals surface area contributed by atoms with Gasteiger partial charge in [-0.25, -0.2) is 24.1 Å². The van der Waals surface area contributed by atoms with Crippen molar-refractivity contribution in [3.63, 3.8) is 0 Å². The molecule has 3 aromatic heterocycles. The fraction of sp³-hybridized carbons (Fsp3) is 0.324. The number of hydrogen-bond acceptors (Lipinski definition) is 7. The van der Waals surface area contributed by atoms with Gasteiger partial charge in [0, 0.05) is 48.2 Å². The predicted molar refractivity (Wildman–Crippen MR) is 163 cm³/mol. The lowest BCUT2D eigenvalue weighted by Gasteiger charge is -2.32. The van der Waals surface area contributed by atoms with E-state index < -0.39 is 11.8 Å². The lowest BCUT2D eigenvalue weighted by atomic mass is 9.87. The van der Waals surface area contributed by atoms with Crippen molar-refractivity contribution < 1.29 is 19.0 Å². The van der Waals surface area contributed by atoms with Crippen molar-refractivity contribution in [3.8, 4) is 11.9 Å². The molecule has 0 bridgehead atoms. The number of nitriles is 1. The Bertz CT molecular complexity index is 1960. The molecule has 1 saturated carbocycles. The molecule has 2 fully saturated rings.